The van der Waals surface area contributed by atoms with Gasteiger partial charge in [-0.1, -0.05) is 0 Å². The highest BCUT2D eigenvalue weighted by Crippen LogP contribution is 2.23. The SMILES string of the molecule is C[C@@H](O)CCC1CCCN(C(=O)OC(C)(C)C)C1. The van der Waals surface area contributed by atoms with Gasteiger partial charge in [0.15, 0.2) is 0 Å². The van der Waals surface area contributed by atoms with Gasteiger partial charge in [-0.05, 0) is 59.3 Å². The Labute approximate surface area is 110 Å². The van der Waals surface area contributed by atoms with E-state index in [0.29, 0.717) is 5.92 Å². The maximum atomic E-state index is 12.0. The van der Waals surface area contributed by atoms with E-state index in [9.17, 15) is 9.90 Å². The third-order valence-corrected chi connectivity index (χ3v) is 3.16. The van der Waals surface area contributed by atoms with E-state index < -0.39 is 5.60 Å². The highest BCUT2D eigenvalue weighted by Gasteiger charge is 2.27. The van der Waals surface area contributed by atoms with Gasteiger partial charge in [0, 0.05) is 13.1 Å². The Hall–Kier alpha value is -0.770. The van der Waals surface area contributed by atoms with Gasteiger partial charge in [0.1, 0.15) is 5.60 Å². The Bertz CT molecular complexity index is 271. The number of carbonyl (C=O) groups is 1. The summed E-state index contributed by atoms with van der Waals surface area (Å²) in [6.07, 6.45) is 3.52. The minimum atomic E-state index is -0.427. The molecule has 1 aliphatic heterocycles. The molecule has 0 aliphatic carbocycles. The van der Waals surface area contributed by atoms with Crippen LogP contribution in [0.15, 0.2) is 0 Å². The Morgan fingerprint density at radius 1 is 1.50 bits per heavy atom. The van der Waals surface area contributed by atoms with E-state index in [1.807, 2.05) is 32.6 Å². The highest BCUT2D eigenvalue weighted by molar-refractivity contribution is 5.68. The number of likely N-dealkylation sites (tertiary alicyclic amines) is 1. The molecule has 2 atom stereocenters. The predicted octanol–water partition coefficient (Wildman–Crippen LogP) is 2.79. The third-order valence-electron chi connectivity index (χ3n) is 3.16. The molecule has 1 fully saturated rings. The molecule has 4 heteroatoms. The summed E-state index contributed by atoms with van der Waals surface area (Å²) >= 11 is 0. The first-order valence-corrected chi connectivity index (χ1v) is 6.94. The second kappa shape index (κ2) is 6.41. The number of aliphatic hydroxyl groups is 1. The third kappa shape index (κ3) is 5.71. The fraction of sp³-hybridized carbons (Fsp3) is 0.929. The number of carbonyl (C=O) groups excluding carboxylic acids is 1. The van der Waals surface area contributed by atoms with E-state index in [2.05, 4.69) is 0 Å². The van der Waals surface area contributed by atoms with Gasteiger partial charge in [0.25, 0.3) is 0 Å². The zero-order valence-electron chi connectivity index (χ0n) is 12.1. The second-order valence-electron chi connectivity index (χ2n) is 6.36. The normalized spacial score (nSPS) is 22.7. The minimum Gasteiger partial charge on any atom is -0.444 e. The molecule has 0 saturated carbocycles. The zero-order valence-corrected chi connectivity index (χ0v) is 12.1. The van der Waals surface area contributed by atoms with Crippen LogP contribution >= 0.6 is 0 Å². The van der Waals surface area contributed by atoms with Crippen LogP contribution in [0.2, 0.25) is 0 Å². The summed E-state index contributed by atoms with van der Waals surface area (Å²) in [5.41, 5.74) is -0.427. The van der Waals surface area contributed by atoms with Crippen molar-refractivity contribution in [2.75, 3.05) is 13.1 Å². The summed E-state index contributed by atoms with van der Waals surface area (Å²) in [4.78, 5) is 13.8. The Morgan fingerprint density at radius 3 is 2.72 bits per heavy atom. The number of nitrogens with zero attached hydrogens (tertiary/aromatic N) is 1. The maximum Gasteiger partial charge on any atom is 0.410 e. The number of amides is 1. The van der Waals surface area contributed by atoms with Crippen molar-refractivity contribution in [1.29, 1.82) is 0 Å². The van der Waals surface area contributed by atoms with E-state index in [1.165, 1.54) is 0 Å². The zero-order chi connectivity index (χ0) is 13.8. The van der Waals surface area contributed by atoms with Crippen LogP contribution in [0.1, 0.15) is 53.4 Å². The second-order valence-corrected chi connectivity index (χ2v) is 6.36. The molecule has 1 amide bonds. The summed E-state index contributed by atoms with van der Waals surface area (Å²) in [6, 6.07) is 0. The van der Waals surface area contributed by atoms with Crippen LogP contribution in [0, 0.1) is 5.92 Å². The molecule has 106 valence electrons. The first kappa shape index (κ1) is 15.3. The van der Waals surface area contributed by atoms with Crippen molar-refractivity contribution in [2.24, 2.45) is 5.92 Å². The first-order valence-electron chi connectivity index (χ1n) is 6.94. The lowest BCUT2D eigenvalue weighted by atomic mass is 9.92. The molecule has 1 heterocycles. The molecule has 0 radical (unpaired) electrons. The fourth-order valence-electron chi connectivity index (χ4n) is 2.27. The van der Waals surface area contributed by atoms with Crippen molar-refractivity contribution in [2.45, 2.75) is 65.1 Å². The summed E-state index contributed by atoms with van der Waals surface area (Å²) in [5.74, 6) is 0.501. The Morgan fingerprint density at radius 2 is 2.17 bits per heavy atom. The lowest BCUT2D eigenvalue weighted by Gasteiger charge is -2.34. The van der Waals surface area contributed by atoms with Gasteiger partial charge < -0.3 is 14.7 Å². The predicted molar refractivity (Wildman–Crippen MR) is 71.4 cm³/mol. The van der Waals surface area contributed by atoms with E-state index in [0.717, 1.165) is 38.8 Å². The molecule has 18 heavy (non-hydrogen) atoms. The number of aliphatic hydroxyl groups excluding tert-OH is 1. The van der Waals surface area contributed by atoms with Crippen molar-refractivity contribution >= 4 is 6.09 Å². The minimum absolute atomic E-state index is 0.204. The van der Waals surface area contributed by atoms with Crippen LogP contribution in [-0.4, -0.2) is 40.9 Å². The molecule has 1 rings (SSSR count). The molecule has 0 aromatic rings. The van der Waals surface area contributed by atoms with Crippen LogP contribution in [0.5, 0.6) is 0 Å². The van der Waals surface area contributed by atoms with Crippen LogP contribution in [0.4, 0.5) is 4.79 Å². The molecule has 0 aromatic heterocycles. The topological polar surface area (TPSA) is 49.8 Å². The van der Waals surface area contributed by atoms with Gasteiger partial charge in [0.2, 0.25) is 0 Å². The Balaban J connectivity index is 2.40. The van der Waals surface area contributed by atoms with Gasteiger partial charge in [0.05, 0.1) is 6.10 Å². The van der Waals surface area contributed by atoms with Gasteiger partial charge in [-0.25, -0.2) is 4.79 Å². The van der Waals surface area contributed by atoms with E-state index in [1.54, 1.807) is 0 Å². The van der Waals surface area contributed by atoms with Gasteiger partial charge in [-0.15, -0.1) is 0 Å². The summed E-state index contributed by atoms with van der Waals surface area (Å²) in [7, 11) is 0. The molecular formula is C14H27NO3. The largest absolute Gasteiger partial charge is 0.444 e. The van der Waals surface area contributed by atoms with Crippen molar-refractivity contribution in [3.63, 3.8) is 0 Å². The summed E-state index contributed by atoms with van der Waals surface area (Å²) < 4.78 is 5.39. The lowest BCUT2D eigenvalue weighted by molar-refractivity contribution is 0.0155. The number of hydrogen-bond acceptors (Lipinski definition) is 3. The standard InChI is InChI=1S/C14H27NO3/c1-11(16)7-8-12-6-5-9-15(10-12)13(17)18-14(2,3)4/h11-12,16H,5-10H2,1-4H3/t11-,12?/m1/s1. The average molecular weight is 257 g/mol. The maximum absolute atomic E-state index is 12.0. The van der Waals surface area contributed by atoms with Crippen LogP contribution in [0.25, 0.3) is 0 Å². The summed E-state index contributed by atoms with van der Waals surface area (Å²) in [6.45, 7) is 9.04. The summed E-state index contributed by atoms with van der Waals surface area (Å²) in [5, 5.41) is 9.31. The quantitative estimate of drug-likeness (QED) is 0.845. The molecule has 1 N–H and O–H groups in total. The molecule has 1 unspecified atom stereocenters. The number of hydrogen-bond donors (Lipinski definition) is 1. The molecule has 1 saturated heterocycles. The van der Waals surface area contributed by atoms with Gasteiger partial charge >= 0.3 is 6.09 Å². The van der Waals surface area contributed by atoms with Crippen LogP contribution < -0.4 is 0 Å². The number of ether oxygens (including phenoxy) is 1. The Kier molecular flexibility index (Phi) is 5.45. The smallest absolute Gasteiger partial charge is 0.410 e. The lowest BCUT2D eigenvalue weighted by Crippen LogP contribution is -2.43. The molecule has 0 aromatic carbocycles. The number of rotatable bonds is 3. The average Bonchev–Trinajstić information content (AvgIpc) is 2.24. The van der Waals surface area contributed by atoms with E-state index in [4.69, 9.17) is 4.74 Å². The van der Waals surface area contributed by atoms with E-state index in [-0.39, 0.29) is 12.2 Å². The molecular weight excluding hydrogens is 230 g/mol. The molecule has 0 bridgehead atoms. The van der Waals surface area contributed by atoms with Crippen LogP contribution in [-0.2, 0) is 4.74 Å². The fourth-order valence-corrected chi connectivity index (χ4v) is 2.27. The van der Waals surface area contributed by atoms with Crippen LogP contribution in [0.3, 0.4) is 0 Å². The first-order chi connectivity index (χ1) is 8.28. The highest BCUT2D eigenvalue weighted by atomic mass is 16.6. The van der Waals surface area contributed by atoms with Crippen molar-refractivity contribution in [3.8, 4) is 0 Å². The molecule has 0 spiro atoms. The van der Waals surface area contributed by atoms with E-state index >= 15 is 0 Å². The number of piperidine rings is 1. The monoisotopic (exact) mass is 257 g/mol. The van der Waals surface area contributed by atoms with Crippen molar-refractivity contribution in [1.82, 2.24) is 4.90 Å². The van der Waals surface area contributed by atoms with Gasteiger partial charge in [-0.3, -0.25) is 0 Å². The molecule has 4 nitrogen and oxygen atoms in total. The van der Waals surface area contributed by atoms with Crippen molar-refractivity contribution in [3.05, 3.63) is 0 Å². The molecule has 1 aliphatic rings. The van der Waals surface area contributed by atoms with Crippen molar-refractivity contribution < 1.29 is 14.6 Å². The van der Waals surface area contributed by atoms with Gasteiger partial charge in [-0.2, -0.15) is 0 Å².